The normalized spacial score (nSPS) is 11.7. The van der Waals surface area contributed by atoms with Gasteiger partial charge < -0.3 is 0 Å². The molecular formula is C12H15N4+. The lowest BCUT2D eigenvalue weighted by Crippen LogP contribution is -2.22. The van der Waals surface area contributed by atoms with E-state index in [-0.39, 0.29) is 0 Å². The van der Waals surface area contributed by atoms with Crippen molar-refractivity contribution in [2.24, 2.45) is 7.05 Å². The summed E-state index contributed by atoms with van der Waals surface area (Å²) in [7, 11) is 1.98. The van der Waals surface area contributed by atoms with E-state index in [4.69, 9.17) is 0 Å². The maximum atomic E-state index is 4.56. The Morgan fingerprint density at radius 1 is 1.31 bits per heavy atom. The van der Waals surface area contributed by atoms with Crippen LogP contribution in [-0.4, -0.2) is 14.3 Å². The van der Waals surface area contributed by atoms with E-state index >= 15 is 0 Å². The van der Waals surface area contributed by atoms with E-state index in [0.717, 1.165) is 18.1 Å². The van der Waals surface area contributed by atoms with Crippen LogP contribution in [0, 0.1) is 6.92 Å². The van der Waals surface area contributed by atoms with Crippen LogP contribution in [0.2, 0.25) is 0 Å². The van der Waals surface area contributed by atoms with Crippen molar-refractivity contribution >= 4 is 16.8 Å². The maximum absolute atomic E-state index is 4.56. The molecule has 16 heavy (non-hydrogen) atoms. The number of para-hydroxylation sites is 2. The van der Waals surface area contributed by atoms with E-state index in [9.17, 15) is 0 Å². The lowest BCUT2D eigenvalue weighted by molar-refractivity contribution is -0.491. The Labute approximate surface area is 93.7 Å². The Morgan fingerprint density at radius 3 is 2.81 bits per heavy atom. The van der Waals surface area contributed by atoms with Crippen molar-refractivity contribution < 1.29 is 4.40 Å². The van der Waals surface area contributed by atoms with Gasteiger partial charge in [-0.1, -0.05) is 12.1 Å². The van der Waals surface area contributed by atoms with Crippen molar-refractivity contribution in [2.75, 3.05) is 0 Å². The van der Waals surface area contributed by atoms with Crippen LogP contribution in [0.4, 0.5) is 0 Å². The van der Waals surface area contributed by atoms with E-state index in [1.165, 1.54) is 11.0 Å². The second kappa shape index (κ2) is 3.07. The molecule has 0 aliphatic carbocycles. The first-order valence-electron chi connectivity index (χ1n) is 5.56. The molecule has 0 radical (unpaired) electrons. The molecule has 2 heterocycles. The summed E-state index contributed by atoms with van der Waals surface area (Å²) in [5, 5.41) is 4.56. The molecule has 0 aliphatic rings. The summed E-state index contributed by atoms with van der Waals surface area (Å²) >= 11 is 0. The highest BCUT2D eigenvalue weighted by Gasteiger charge is 2.22. The van der Waals surface area contributed by atoms with E-state index in [1.807, 2.05) is 11.7 Å². The van der Waals surface area contributed by atoms with Gasteiger partial charge in [-0.25, -0.2) is 4.57 Å². The van der Waals surface area contributed by atoms with Gasteiger partial charge in [0.2, 0.25) is 5.82 Å². The monoisotopic (exact) mass is 215 g/mol. The second-order valence-corrected chi connectivity index (χ2v) is 4.04. The second-order valence-electron chi connectivity index (χ2n) is 4.04. The van der Waals surface area contributed by atoms with Gasteiger partial charge in [-0.15, -0.1) is 4.68 Å². The van der Waals surface area contributed by atoms with E-state index in [0.29, 0.717) is 0 Å². The lowest BCUT2D eigenvalue weighted by Gasteiger charge is -1.93. The standard InChI is InChI=1S/C12H15N4/c1-4-15-10-7-5-6-8-11(10)16-9(2)14(3)13-12(15)16/h5-8H,4H2,1-3H3/q+1. The fraction of sp³-hybridized carbons (Fsp3) is 0.333. The van der Waals surface area contributed by atoms with Crippen LogP contribution in [0.15, 0.2) is 24.3 Å². The number of nitrogens with zero attached hydrogens (tertiary/aromatic N) is 4. The molecule has 3 aromatic rings. The summed E-state index contributed by atoms with van der Waals surface area (Å²) in [6.45, 7) is 5.18. The number of hydrogen-bond acceptors (Lipinski definition) is 1. The molecule has 0 atom stereocenters. The number of imidazole rings is 1. The molecule has 0 N–H and O–H groups in total. The molecule has 2 aromatic heterocycles. The zero-order chi connectivity index (χ0) is 11.3. The zero-order valence-electron chi connectivity index (χ0n) is 9.81. The molecule has 0 saturated carbocycles. The molecule has 0 fully saturated rings. The van der Waals surface area contributed by atoms with Gasteiger partial charge in [-0.2, -0.15) is 4.40 Å². The van der Waals surface area contributed by atoms with Gasteiger partial charge in [0.25, 0.3) is 0 Å². The molecule has 0 saturated heterocycles. The molecule has 0 unspecified atom stereocenters. The Hall–Kier alpha value is -1.84. The Morgan fingerprint density at radius 2 is 2.06 bits per heavy atom. The van der Waals surface area contributed by atoms with Gasteiger partial charge in [0, 0.05) is 12.0 Å². The van der Waals surface area contributed by atoms with Gasteiger partial charge in [-0.05, 0) is 19.1 Å². The van der Waals surface area contributed by atoms with Crippen LogP contribution < -0.4 is 4.40 Å². The van der Waals surface area contributed by atoms with Gasteiger partial charge >= 0.3 is 5.78 Å². The van der Waals surface area contributed by atoms with Crippen LogP contribution in [0.5, 0.6) is 0 Å². The van der Waals surface area contributed by atoms with Crippen LogP contribution in [0.3, 0.4) is 0 Å². The quantitative estimate of drug-likeness (QED) is 0.564. The van der Waals surface area contributed by atoms with E-state index < -0.39 is 0 Å². The third-order valence-electron chi connectivity index (χ3n) is 3.20. The van der Waals surface area contributed by atoms with Gasteiger partial charge in [-0.3, -0.25) is 0 Å². The minimum absolute atomic E-state index is 0.938. The predicted octanol–water partition coefficient (Wildman–Crippen LogP) is 1.44. The summed E-state index contributed by atoms with van der Waals surface area (Å²) in [4.78, 5) is 0. The summed E-state index contributed by atoms with van der Waals surface area (Å²) in [5.74, 6) is 2.17. The third kappa shape index (κ3) is 0.988. The molecule has 0 spiro atoms. The van der Waals surface area contributed by atoms with Crippen LogP contribution in [0.1, 0.15) is 12.7 Å². The predicted molar refractivity (Wildman–Crippen MR) is 62.3 cm³/mol. The Kier molecular flexibility index (Phi) is 1.80. The summed E-state index contributed by atoms with van der Waals surface area (Å²) < 4.78 is 6.37. The average molecular weight is 215 g/mol. The zero-order valence-corrected chi connectivity index (χ0v) is 9.81. The minimum atomic E-state index is 0.938. The summed E-state index contributed by atoms with van der Waals surface area (Å²) in [6, 6.07) is 8.43. The number of rotatable bonds is 1. The van der Waals surface area contributed by atoms with Crippen LogP contribution in [0.25, 0.3) is 16.8 Å². The third-order valence-corrected chi connectivity index (χ3v) is 3.20. The molecule has 3 rings (SSSR count). The fourth-order valence-electron chi connectivity index (χ4n) is 2.30. The fourth-order valence-corrected chi connectivity index (χ4v) is 2.30. The molecule has 82 valence electrons. The first-order valence-corrected chi connectivity index (χ1v) is 5.56. The van der Waals surface area contributed by atoms with Crippen molar-refractivity contribution in [2.45, 2.75) is 20.4 Å². The molecular weight excluding hydrogens is 200 g/mol. The number of hydrogen-bond donors (Lipinski definition) is 0. The Bertz CT molecular complexity index is 675. The highest BCUT2D eigenvalue weighted by molar-refractivity contribution is 5.74. The van der Waals surface area contributed by atoms with Crippen molar-refractivity contribution in [3.63, 3.8) is 0 Å². The number of fused-ring (bicyclic) bond motifs is 3. The van der Waals surface area contributed by atoms with Crippen molar-refractivity contribution in [1.29, 1.82) is 0 Å². The highest BCUT2D eigenvalue weighted by Crippen LogP contribution is 2.14. The van der Waals surface area contributed by atoms with Crippen molar-refractivity contribution in [1.82, 2.24) is 14.3 Å². The maximum Gasteiger partial charge on any atom is 0.390 e. The average Bonchev–Trinajstić information content (AvgIpc) is 2.75. The molecule has 4 heteroatoms. The molecule has 0 amide bonds. The smallest absolute Gasteiger partial charge is 0.243 e. The molecule has 4 nitrogen and oxygen atoms in total. The van der Waals surface area contributed by atoms with Crippen LogP contribution in [-0.2, 0) is 13.6 Å². The summed E-state index contributed by atoms with van der Waals surface area (Å²) in [5.41, 5.74) is 2.47. The topological polar surface area (TPSA) is 26.9 Å². The Balaban J connectivity index is 2.62. The minimum Gasteiger partial charge on any atom is -0.243 e. The van der Waals surface area contributed by atoms with Gasteiger partial charge in [0.05, 0.1) is 13.6 Å². The summed E-state index contributed by atoms with van der Waals surface area (Å²) in [6.07, 6.45) is 0. The van der Waals surface area contributed by atoms with Crippen molar-refractivity contribution in [3.05, 3.63) is 30.1 Å². The van der Waals surface area contributed by atoms with E-state index in [2.05, 4.69) is 52.2 Å². The van der Waals surface area contributed by atoms with Crippen LogP contribution >= 0.6 is 0 Å². The van der Waals surface area contributed by atoms with Gasteiger partial charge in [0.15, 0.2) is 0 Å². The van der Waals surface area contributed by atoms with E-state index in [1.54, 1.807) is 0 Å². The highest BCUT2D eigenvalue weighted by atomic mass is 15.4. The van der Waals surface area contributed by atoms with Gasteiger partial charge in [0.1, 0.15) is 11.0 Å². The number of aryl methyl sites for hydroxylation is 3. The first kappa shape index (κ1) is 9.39. The first-order chi connectivity index (χ1) is 7.74. The molecule has 0 aliphatic heterocycles. The number of aromatic nitrogens is 4. The molecule has 0 bridgehead atoms. The molecule has 1 aromatic carbocycles. The largest absolute Gasteiger partial charge is 0.390 e. The SMILES string of the molecule is CCn1c2ccccc2[n+]2c(C)n(C)nc12. The van der Waals surface area contributed by atoms with Crippen molar-refractivity contribution in [3.8, 4) is 0 Å². The lowest BCUT2D eigenvalue weighted by atomic mass is 10.3. The number of benzene rings is 1.